The number of carbonyl (C=O) groups is 1. The van der Waals surface area contributed by atoms with E-state index in [0.29, 0.717) is 11.8 Å². The highest BCUT2D eigenvalue weighted by atomic mass is 32.2. The molecule has 0 radical (unpaired) electrons. The van der Waals surface area contributed by atoms with Gasteiger partial charge in [-0.1, -0.05) is 18.6 Å². The van der Waals surface area contributed by atoms with Crippen molar-refractivity contribution in [2.45, 2.75) is 37.1 Å². The molecule has 1 heterocycles. The summed E-state index contributed by atoms with van der Waals surface area (Å²) in [7, 11) is 0. The van der Waals surface area contributed by atoms with Crippen LogP contribution in [0.15, 0.2) is 36.9 Å². The van der Waals surface area contributed by atoms with Crippen molar-refractivity contribution in [3.8, 4) is 5.69 Å². The molecule has 3 rings (SSSR count). The van der Waals surface area contributed by atoms with Crippen LogP contribution in [0.2, 0.25) is 0 Å². The number of hydrogen-bond acceptors (Lipinski definition) is 4. The Morgan fingerprint density at radius 3 is 3.13 bits per heavy atom. The summed E-state index contributed by atoms with van der Waals surface area (Å²) in [6.07, 6.45) is 8.71. The number of rotatable bonds is 5. The summed E-state index contributed by atoms with van der Waals surface area (Å²) in [5, 5.41) is 10.7. The van der Waals surface area contributed by atoms with Crippen LogP contribution in [0.25, 0.3) is 5.69 Å². The van der Waals surface area contributed by atoms with Crippen molar-refractivity contribution in [2.75, 3.05) is 6.26 Å². The zero-order valence-corrected chi connectivity index (χ0v) is 13.9. The van der Waals surface area contributed by atoms with Gasteiger partial charge in [-0.15, -0.1) is 0 Å². The molecular weight excluding hydrogens is 310 g/mol. The average Bonchev–Trinajstić information content (AvgIpc) is 3.24. The van der Waals surface area contributed by atoms with E-state index in [1.54, 1.807) is 11.0 Å². The van der Waals surface area contributed by atoms with E-state index in [1.165, 1.54) is 19.2 Å². The van der Waals surface area contributed by atoms with E-state index < -0.39 is 0 Å². The van der Waals surface area contributed by atoms with Crippen LogP contribution in [0, 0.1) is 0 Å². The molecule has 1 aliphatic rings. The van der Waals surface area contributed by atoms with Gasteiger partial charge in [0, 0.05) is 17.8 Å². The molecule has 1 aromatic carbocycles. The van der Waals surface area contributed by atoms with Gasteiger partial charge < -0.3 is 10.6 Å². The molecule has 1 aliphatic carbocycles. The van der Waals surface area contributed by atoms with Gasteiger partial charge in [-0.2, -0.15) is 16.9 Å². The quantitative estimate of drug-likeness (QED) is 0.882. The van der Waals surface area contributed by atoms with Crippen LogP contribution < -0.4 is 10.6 Å². The Morgan fingerprint density at radius 2 is 2.35 bits per heavy atom. The average molecular weight is 331 g/mol. The van der Waals surface area contributed by atoms with E-state index in [2.05, 4.69) is 27.0 Å². The van der Waals surface area contributed by atoms with Crippen LogP contribution in [0.5, 0.6) is 0 Å². The molecule has 122 valence electrons. The van der Waals surface area contributed by atoms with E-state index in [-0.39, 0.29) is 12.1 Å². The highest BCUT2D eigenvalue weighted by Crippen LogP contribution is 2.28. The third-order valence-corrected chi connectivity index (χ3v) is 5.29. The largest absolute Gasteiger partial charge is 0.334 e. The first kappa shape index (κ1) is 15.9. The number of benzene rings is 1. The van der Waals surface area contributed by atoms with Gasteiger partial charge in [-0.25, -0.2) is 14.5 Å². The molecule has 0 saturated heterocycles. The summed E-state index contributed by atoms with van der Waals surface area (Å²) in [4.78, 5) is 16.0. The predicted octanol–water partition coefficient (Wildman–Crippen LogP) is 2.35. The minimum Gasteiger partial charge on any atom is -0.334 e. The fraction of sp³-hybridized carbons (Fsp3) is 0.438. The summed E-state index contributed by atoms with van der Waals surface area (Å²) in [6.45, 7) is 0.491. The lowest BCUT2D eigenvalue weighted by Crippen LogP contribution is -2.44. The number of thioether (sulfide) groups is 1. The van der Waals surface area contributed by atoms with Crippen molar-refractivity contribution in [3.05, 3.63) is 42.5 Å². The second-order valence-electron chi connectivity index (χ2n) is 5.65. The third kappa shape index (κ3) is 4.04. The first-order valence-corrected chi connectivity index (χ1v) is 9.06. The van der Waals surface area contributed by atoms with Crippen molar-refractivity contribution in [3.63, 3.8) is 0 Å². The van der Waals surface area contributed by atoms with Gasteiger partial charge in [0.1, 0.15) is 12.7 Å². The van der Waals surface area contributed by atoms with Gasteiger partial charge in [0.05, 0.1) is 5.69 Å². The minimum absolute atomic E-state index is 0.0953. The number of nitrogens with one attached hydrogen (secondary N) is 2. The van der Waals surface area contributed by atoms with E-state index in [1.807, 2.05) is 36.0 Å². The topological polar surface area (TPSA) is 71.8 Å². The summed E-state index contributed by atoms with van der Waals surface area (Å²) in [5.74, 6) is 0. The fourth-order valence-electron chi connectivity index (χ4n) is 2.93. The van der Waals surface area contributed by atoms with Gasteiger partial charge in [-0.05, 0) is 36.8 Å². The van der Waals surface area contributed by atoms with Gasteiger partial charge >= 0.3 is 6.03 Å². The molecule has 0 bridgehead atoms. The summed E-state index contributed by atoms with van der Waals surface area (Å²) >= 11 is 1.84. The summed E-state index contributed by atoms with van der Waals surface area (Å²) < 4.78 is 1.70. The standard InChI is InChI=1S/C16H21N5OS/c1-23-15-7-3-6-14(15)20-16(22)18-9-12-4-2-5-13(8-12)21-11-17-10-19-21/h2,4-5,8,10-11,14-15H,3,6-7,9H2,1H3,(H2,18,20,22). The number of urea groups is 1. The summed E-state index contributed by atoms with van der Waals surface area (Å²) in [6, 6.07) is 8.08. The van der Waals surface area contributed by atoms with E-state index in [4.69, 9.17) is 0 Å². The van der Waals surface area contributed by atoms with Crippen LogP contribution >= 0.6 is 11.8 Å². The maximum Gasteiger partial charge on any atom is 0.315 e. The van der Waals surface area contributed by atoms with Crippen molar-refractivity contribution in [1.29, 1.82) is 0 Å². The second-order valence-corrected chi connectivity index (χ2v) is 6.73. The first-order chi connectivity index (χ1) is 11.3. The molecule has 2 aromatic rings. The monoisotopic (exact) mass is 331 g/mol. The molecule has 0 spiro atoms. The number of hydrogen-bond donors (Lipinski definition) is 2. The maximum atomic E-state index is 12.1. The van der Waals surface area contributed by atoms with Crippen molar-refractivity contribution >= 4 is 17.8 Å². The highest BCUT2D eigenvalue weighted by molar-refractivity contribution is 7.99. The fourth-order valence-corrected chi connectivity index (χ4v) is 3.86. The van der Waals surface area contributed by atoms with Crippen molar-refractivity contribution in [1.82, 2.24) is 25.4 Å². The minimum atomic E-state index is -0.0953. The first-order valence-electron chi connectivity index (χ1n) is 7.77. The molecule has 7 heteroatoms. The predicted molar refractivity (Wildman–Crippen MR) is 91.7 cm³/mol. The molecular formula is C16H21N5OS. The molecule has 1 fully saturated rings. The molecule has 23 heavy (non-hydrogen) atoms. The highest BCUT2D eigenvalue weighted by Gasteiger charge is 2.27. The lowest BCUT2D eigenvalue weighted by atomic mass is 10.2. The smallest absolute Gasteiger partial charge is 0.315 e. The normalized spacial score (nSPS) is 20.4. The molecule has 0 aliphatic heterocycles. The van der Waals surface area contributed by atoms with Crippen LogP contribution in [-0.2, 0) is 6.54 Å². The van der Waals surface area contributed by atoms with Crippen molar-refractivity contribution in [2.24, 2.45) is 0 Å². The lowest BCUT2D eigenvalue weighted by Gasteiger charge is -2.19. The molecule has 2 unspecified atom stereocenters. The van der Waals surface area contributed by atoms with E-state index >= 15 is 0 Å². The van der Waals surface area contributed by atoms with E-state index in [0.717, 1.165) is 17.7 Å². The van der Waals surface area contributed by atoms with Crippen LogP contribution in [-0.4, -0.2) is 38.3 Å². The molecule has 1 aromatic heterocycles. The zero-order valence-electron chi connectivity index (χ0n) is 13.1. The number of nitrogens with zero attached hydrogens (tertiary/aromatic N) is 3. The van der Waals surface area contributed by atoms with Crippen LogP contribution in [0.4, 0.5) is 4.79 Å². The molecule has 2 atom stereocenters. The lowest BCUT2D eigenvalue weighted by molar-refractivity contribution is 0.237. The SMILES string of the molecule is CSC1CCCC1NC(=O)NCc1cccc(-n2cncn2)c1. The third-order valence-electron chi connectivity index (χ3n) is 4.12. The Morgan fingerprint density at radius 1 is 1.43 bits per heavy atom. The number of amides is 2. The van der Waals surface area contributed by atoms with Crippen LogP contribution in [0.1, 0.15) is 24.8 Å². The maximum absolute atomic E-state index is 12.1. The van der Waals surface area contributed by atoms with E-state index in [9.17, 15) is 4.79 Å². The Kier molecular flexibility index (Phi) is 5.17. The number of carbonyl (C=O) groups excluding carboxylic acids is 1. The Bertz CT molecular complexity index is 646. The second kappa shape index (κ2) is 7.50. The van der Waals surface area contributed by atoms with Gasteiger partial charge in [-0.3, -0.25) is 0 Å². The Balaban J connectivity index is 1.54. The molecule has 1 saturated carbocycles. The summed E-state index contributed by atoms with van der Waals surface area (Å²) in [5.41, 5.74) is 1.96. The van der Waals surface area contributed by atoms with Crippen LogP contribution in [0.3, 0.4) is 0 Å². The zero-order chi connectivity index (χ0) is 16.1. The van der Waals surface area contributed by atoms with Gasteiger partial charge in [0.25, 0.3) is 0 Å². The molecule has 2 N–H and O–H groups in total. The Labute approximate surface area is 140 Å². The van der Waals surface area contributed by atoms with Crippen molar-refractivity contribution < 1.29 is 4.79 Å². The number of aromatic nitrogens is 3. The molecule has 2 amide bonds. The molecule has 6 nitrogen and oxygen atoms in total. The van der Waals surface area contributed by atoms with Gasteiger partial charge in [0.2, 0.25) is 0 Å². The Hall–Kier alpha value is -2.02. The van der Waals surface area contributed by atoms with Gasteiger partial charge in [0.15, 0.2) is 0 Å².